The molecular formula is C11H12F3N3O3. The van der Waals surface area contributed by atoms with Gasteiger partial charge in [0.05, 0.1) is 12.1 Å². The molecule has 0 radical (unpaired) electrons. The van der Waals surface area contributed by atoms with E-state index in [1.54, 1.807) is 0 Å². The molecule has 0 aliphatic rings. The number of carbonyl (C=O) groups is 2. The van der Waals surface area contributed by atoms with Gasteiger partial charge in [-0.25, -0.2) is 4.79 Å². The van der Waals surface area contributed by atoms with E-state index < -0.39 is 29.4 Å². The lowest BCUT2D eigenvalue weighted by Gasteiger charge is -2.12. The molecule has 1 aromatic carbocycles. The number of nitrogen functional groups attached to an aromatic ring is 1. The summed E-state index contributed by atoms with van der Waals surface area (Å²) in [6.45, 7) is -0.254. The van der Waals surface area contributed by atoms with Gasteiger partial charge in [0, 0.05) is 11.3 Å². The van der Waals surface area contributed by atoms with E-state index in [2.05, 4.69) is 10.1 Å². The molecule has 0 aromatic heterocycles. The topological polar surface area (TPSA) is 107 Å². The maximum Gasteiger partial charge on any atom is 0.418 e. The minimum Gasteiger partial charge on any atom is -0.448 e. The summed E-state index contributed by atoms with van der Waals surface area (Å²) in [5, 5.41) is 2.27. The standard InChI is InChI=1S/C11H12F3N3O3/c12-11(13,14)7-5-6(1-2-8(7)15)9(18)17-3-4-20-10(16)19/h1-2,5H,3-4,15H2,(H2,16,19)(H,17,18). The van der Waals surface area contributed by atoms with E-state index in [9.17, 15) is 22.8 Å². The molecule has 0 bridgehead atoms. The summed E-state index contributed by atoms with van der Waals surface area (Å²) in [7, 11) is 0. The largest absolute Gasteiger partial charge is 0.448 e. The number of nitrogens with one attached hydrogen (secondary N) is 1. The van der Waals surface area contributed by atoms with Crippen molar-refractivity contribution in [3.05, 3.63) is 29.3 Å². The molecule has 0 atom stereocenters. The van der Waals surface area contributed by atoms with Crippen molar-refractivity contribution < 1.29 is 27.5 Å². The van der Waals surface area contributed by atoms with E-state index in [4.69, 9.17) is 11.5 Å². The monoisotopic (exact) mass is 291 g/mol. The van der Waals surface area contributed by atoms with Crippen LogP contribution < -0.4 is 16.8 Å². The second kappa shape index (κ2) is 6.13. The lowest BCUT2D eigenvalue weighted by molar-refractivity contribution is -0.136. The summed E-state index contributed by atoms with van der Waals surface area (Å²) >= 11 is 0. The Labute approximate surface area is 111 Å². The number of nitrogens with two attached hydrogens (primary N) is 2. The maximum absolute atomic E-state index is 12.6. The summed E-state index contributed by atoms with van der Waals surface area (Å²) < 4.78 is 42.2. The van der Waals surface area contributed by atoms with Gasteiger partial charge in [0.25, 0.3) is 5.91 Å². The number of hydrogen-bond acceptors (Lipinski definition) is 4. The van der Waals surface area contributed by atoms with Gasteiger partial charge in [0.15, 0.2) is 0 Å². The normalized spacial score (nSPS) is 10.9. The number of benzene rings is 1. The number of anilines is 1. The van der Waals surface area contributed by atoms with Crippen molar-refractivity contribution in [2.45, 2.75) is 6.18 Å². The highest BCUT2D eigenvalue weighted by Gasteiger charge is 2.33. The Balaban J connectivity index is 2.72. The Morgan fingerprint density at radius 2 is 1.95 bits per heavy atom. The van der Waals surface area contributed by atoms with Crippen LogP contribution in [-0.2, 0) is 10.9 Å². The molecule has 0 heterocycles. The maximum atomic E-state index is 12.6. The van der Waals surface area contributed by atoms with Gasteiger partial charge in [0.1, 0.15) is 6.61 Å². The summed E-state index contributed by atoms with van der Waals surface area (Å²) in [4.78, 5) is 21.8. The van der Waals surface area contributed by atoms with Gasteiger partial charge >= 0.3 is 12.3 Å². The summed E-state index contributed by atoms with van der Waals surface area (Å²) in [6.07, 6.45) is -5.65. The molecule has 0 fully saturated rings. The van der Waals surface area contributed by atoms with Crippen LogP contribution in [0.25, 0.3) is 0 Å². The van der Waals surface area contributed by atoms with Crippen molar-refractivity contribution >= 4 is 17.7 Å². The highest BCUT2D eigenvalue weighted by Crippen LogP contribution is 2.33. The lowest BCUT2D eigenvalue weighted by Crippen LogP contribution is -2.29. The molecule has 0 saturated heterocycles. The molecule has 0 saturated carbocycles. The van der Waals surface area contributed by atoms with Crippen molar-refractivity contribution in [3.63, 3.8) is 0 Å². The number of primary amides is 1. The van der Waals surface area contributed by atoms with Crippen molar-refractivity contribution in [3.8, 4) is 0 Å². The Morgan fingerprint density at radius 3 is 2.50 bits per heavy atom. The molecule has 6 nitrogen and oxygen atoms in total. The van der Waals surface area contributed by atoms with Gasteiger partial charge in [-0.1, -0.05) is 0 Å². The number of rotatable bonds is 4. The Morgan fingerprint density at radius 1 is 1.30 bits per heavy atom. The van der Waals surface area contributed by atoms with Gasteiger partial charge in [-0.05, 0) is 18.2 Å². The van der Waals surface area contributed by atoms with Crippen LogP contribution in [0.15, 0.2) is 18.2 Å². The molecule has 1 aromatic rings. The van der Waals surface area contributed by atoms with E-state index in [0.717, 1.165) is 12.1 Å². The number of ether oxygens (including phenoxy) is 1. The molecule has 9 heteroatoms. The third-order valence-electron chi connectivity index (χ3n) is 2.25. The molecule has 0 aliphatic carbocycles. The van der Waals surface area contributed by atoms with Crippen molar-refractivity contribution in [2.24, 2.45) is 5.73 Å². The third kappa shape index (κ3) is 4.34. The van der Waals surface area contributed by atoms with Gasteiger partial charge in [-0.15, -0.1) is 0 Å². The molecule has 5 N–H and O–H groups in total. The van der Waals surface area contributed by atoms with E-state index in [-0.39, 0.29) is 18.7 Å². The Kier molecular flexibility index (Phi) is 4.78. The first kappa shape index (κ1) is 15.6. The van der Waals surface area contributed by atoms with Crippen LogP contribution in [-0.4, -0.2) is 25.2 Å². The quantitative estimate of drug-likeness (QED) is 0.570. The van der Waals surface area contributed by atoms with Gasteiger partial charge in [0.2, 0.25) is 0 Å². The van der Waals surface area contributed by atoms with Crippen molar-refractivity contribution in [2.75, 3.05) is 18.9 Å². The number of hydrogen-bond donors (Lipinski definition) is 3. The molecule has 110 valence electrons. The van der Waals surface area contributed by atoms with Crippen LogP contribution in [0.2, 0.25) is 0 Å². The minimum atomic E-state index is -4.64. The summed E-state index contributed by atoms with van der Waals surface area (Å²) in [5.41, 5.74) is 8.15. The average molecular weight is 291 g/mol. The first-order valence-electron chi connectivity index (χ1n) is 5.39. The molecular weight excluding hydrogens is 279 g/mol. The highest BCUT2D eigenvalue weighted by atomic mass is 19.4. The van der Waals surface area contributed by atoms with E-state index in [1.807, 2.05) is 0 Å². The second-order valence-corrected chi connectivity index (χ2v) is 3.72. The number of amides is 2. The predicted molar refractivity (Wildman–Crippen MR) is 63.7 cm³/mol. The smallest absolute Gasteiger partial charge is 0.418 e. The predicted octanol–water partition coefficient (Wildman–Crippen LogP) is 1.11. The Hall–Kier alpha value is -2.45. The van der Waals surface area contributed by atoms with Gasteiger partial charge < -0.3 is 21.5 Å². The average Bonchev–Trinajstić information content (AvgIpc) is 2.33. The highest BCUT2D eigenvalue weighted by molar-refractivity contribution is 5.94. The van der Waals surface area contributed by atoms with Crippen LogP contribution in [0.3, 0.4) is 0 Å². The van der Waals surface area contributed by atoms with Crippen LogP contribution in [0.1, 0.15) is 15.9 Å². The van der Waals surface area contributed by atoms with Crippen LogP contribution in [0.5, 0.6) is 0 Å². The van der Waals surface area contributed by atoms with Crippen LogP contribution >= 0.6 is 0 Å². The molecule has 20 heavy (non-hydrogen) atoms. The SMILES string of the molecule is NC(=O)OCCNC(=O)c1ccc(N)c(C(F)(F)F)c1. The van der Waals surface area contributed by atoms with E-state index in [0.29, 0.717) is 6.07 Å². The summed E-state index contributed by atoms with van der Waals surface area (Å²) in [5.74, 6) is -0.747. The van der Waals surface area contributed by atoms with Gasteiger partial charge in [-0.3, -0.25) is 4.79 Å². The van der Waals surface area contributed by atoms with E-state index >= 15 is 0 Å². The lowest BCUT2D eigenvalue weighted by atomic mass is 10.1. The molecule has 0 unspecified atom stereocenters. The first-order chi connectivity index (χ1) is 9.21. The summed E-state index contributed by atoms with van der Waals surface area (Å²) in [6, 6.07) is 2.81. The zero-order chi connectivity index (χ0) is 15.3. The van der Waals surface area contributed by atoms with Crippen molar-refractivity contribution in [1.82, 2.24) is 5.32 Å². The fraction of sp³-hybridized carbons (Fsp3) is 0.273. The zero-order valence-corrected chi connectivity index (χ0v) is 10.2. The number of halogens is 3. The third-order valence-corrected chi connectivity index (χ3v) is 2.25. The van der Waals surface area contributed by atoms with Crippen LogP contribution in [0, 0.1) is 0 Å². The zero-order valence-electron chi connectivity index (χ0n) is 10.2. The molecule has 1 rings (SSSR count). The Bertz CT molecular complexity index is 517. The van der Waals surface area contributed by atoms with Crippen molar-refractivity contribution in [1.29, 1.82) is 0 Å². The van der Waals surface area contributed by atoms with Crippen LogP contribution in [0.4, 0.5) is 23.7 Å². The van der Waals surface area contributed by atoms with E-state index in [1.165, 1.54) is 0 Å². The molecule has 2 amide bonds. The fourth-order valence-electron chi connectivity index (χ4n) is 1.36. The van der Waals surface area contributed by atoms with Gasteiger partial charge in [-0.2, -0.15) is 13.2 Å². The number of alkyl halides is 3. The minimum absolute atomic E-state index is 0.0759. The number of carbonyl (C=O) groups excluding carboxylic acids is 2. The fourth-order valence-corrected chi connectivity index (χ4v) is 1.36. The molecule has 0 spiro atoms. The second-order valence-electron chi connectivity index (χ2n) is 3.72. The molecule has 0 aliphatic heterocycles. The first-order valence-corrected chi connectivity index (χ1v) is 5.39.